The second-order valence-corrected chi connectivity index (χ2v) is 8.85. The lowest BCUT2D eigenvalue weighted by atomic mass is 9.97. The summed E-state index contributed by atoms with van der Waals surface area (Å²) in [7, 11) is 2.33. The zero-order chi connectivity index (χ0) is 15.5. The summed E-state index contributed by atoms with van der Waals surface area (Å²) in [6.45, 7) is 3.44. The van der Waals surface area contributed by atoms with Crippen molar-refractivity contribution in [2.24, 2.45) is 5.92 Å². The normalized spacial score (nSPS) is 18.5. The number of nitrogens with zero attached hydrogens (tertiary/aromatic N) is 2. The summed E-state index contributed by atoms with van der Waals surface area (Å²) in [6.07, 6.45) is 2.15. The van der Waals surface area contributed by atoms with Crippen LogP contribution >= 0.6 is 11.3 Å². The van der Waals surface area contributed by atoms with E-state index in [9.17, 15) is 8.42 Å². The van der Waals surface area contributed by atoms with Crippen molar-refractivity contribution >= 4 is 21.4 Å². The van der Waals surface area contributed by atoms with Gasteiger partial charge in [-0.05, 0) is 52.0 Å². The van der Waals surface area contributed by atoms with Crippen LogP contribution in [-0.2, 0) is 16.6 Å². The van der Waals surface area contributed by atoms with Crippen molar-refractivity contribution in [3.05, 3.63) is 16.3 Å². The molecule has 0 aromatic carbocycles. The lowest BCUT2D eigenvalue weighted by molar-refractivity contribution is 0.202. The van der Waals surface area contributed by atoms with Gasteiger partial charge in [-0.25, -0.2) is 12.7 Å². The summed E-state index contributed by atoms with van der Waals surface area (Å²) in [5.41, 5.74) is 0. The summed E-state index contributed by atoms with van der Waals surface area (Å²) in [4.78, 5) is 3.77. The van der Waals surface area contributed by atoms with Gasteiger partial charge in [0.25, 0.3) is 0 Å². The minimum Gasteiger partial charge on any atom is -0.315 e. The number of hydrogen-bond donors (Lipinski definition) is 1. The highest BCUT2D eigenvalue weighted by atomic mass is 32.2. The van der Waals surface area contributed by atoms with Crippen LogP contribution in [0, 0.1) is 5.92 Å². The third-order valence-corrected chi connectivity index (χ3v) is 6.93. The molecule has 1 saturated heterocycles. The van der Waals surface area contributed by atoms with E-state index in [-0.39, 0.29) is 0 Å². The van der Waals surface area contributed by atoms with E-state index in [1.807, 2.05) is 7.05 Å². The molecule has 7 heteroatoms. The standard InChI is InChI=1S/C14H25N3O2S2/c1-15-9-13-8-14(11-20-13)21(18,19)17(3)10-12-4-6-16(2)7-5-12/h8,11-12,15H,4-7,9-10H2,1-3H3. The molecule has 1 fully saturated rings. The molecule has 0 aliphatic carbocycles. The Labute approximate surface area is 132 Å². The fraction of sp³-hybridized carbons (Fsp3) is 0.714. The van der Waals surface area contributed by atoms with Gasteiger partial charge in [-0.1, -0.05) is 0 Å². The molecule has 1 aliphatic rings. The molecule has 2 heterocycles. The highest BCUT2D eigenvalue weighted by Gasteiger charge is 2.26. The lowest BCUT2D eigenvalue weighted by Gasteiger charge is -2.31. The minimum absolute atomic E-state index is 0.424. The van der Waals surface area contributed by atoms with Crippen LogP contribution in [0.2, 0.25) is 0 Å². The van der Waals surface area contributed by atoms with Gasteiger partial charge in [-0.3, -0.25) is 0 Å². The predicted molar refractivity (Wildman–Crippen MR) is 87.1 cm³/mol. The van der Waals surface area contributed by atoms with E-state index in [0.29, 0.717) is 23.9 Å². The smallest absolute Gasteiger partial charge is 0.243 e. The van der Waals surface area contributed by atoms with Crippen molar-refractivity contribution in [2.75, 3.05) is 40.8 Å². The second-order valence-electron chi connectivity index (χ2n) is 5.81. The van der Waals surface area contributed by atoms with Crippen LogP contribution in [0.5, 0.6) is 0 Å². The summed E-state index contributed by atoms with van der Waals surface area (Å²) >= 11 is 1.49. The Bertz CT molecular complexity index is 548. The van der Waals surface area contributed by atoms with Crippen LogP contribution in [0.25, 0.3) is 0 Å². The molecule has 0 spiro atoms. The second kappa shape index (κ2) is 7.19. The van der Waals surface area contributed by atoms with Gasteiger partial charge in [0.05, 0.1) is 4.90 Å². The van der Waals surface area contributed by atoms with Crippen LogP contribution in [-0.4, -0.2) is 58.4 Å². The molecule has 1 N–H and O–H groups in total. The van der Waals surface area contributed by atoms with E-state index in [2.05, 4.69) is 17.3 Å². The van der Waals surface area contributed by atoms with E-state index < -0.39 is 10.0 Å². The molecule has 120 valence electrons. The predicted octanol–water partition coefficient (Wildman–Crippen LogP) is 1.43. The average molecular weight is 332 g/mol. The Morgan fingerprint density at radius 3 is 2.71 bits per heavy atom. The molecule has 2 rings (SSSR count). The SMILES string of the molecule is CNCc1cc(S(=O)(=O)N(C)CC2CCN(C)CC2)cs1. The van der Waals surface area contributed by atoms with Crippen LogP contribution in [0.1, 0.15) is 17.7 Å². The van der Waals surface area contributed by atoms with E-state index in [0.717, 1.165) is 30.8 Å². The first-order valence-electron chi connectivity index (χ1n) is 7.30. The van der Waals surface area contributed by atoms with E-state index in [4.69, 9.17) is 0 Å². The van der Waals surface area contributed by atoms with Gasteiger partial charge in [0, 0.05) is 30.4 Å². The van der Waals surface area contributed by atoms with Crippen LogP contribution in [0.15, 0.2) is 16.3 Å². The molecule has 0 atom stereocenters. The molecular formula is C14H25N3O2S2. The fourth-order valence-corrected chi connectivity index (χ4v) is 5.17. The van der Waals surface area contributed by atoms with Gasteiger partial charge < -0.3 is 10.2 Å². The minimum atomic E-state index is -3.35. The Morgan fingerprint density at radius 1 is 1.43 bits per heavy atom. The first kappa shape index (κ1) is 16.9. The molecule has 1 aliphatic heterocycles. The number of hydrogen-bond acceptors (Lipinski definition) is 5. The van der Waals surface area contributed by atoms with Crippen molar-refractivity contribution in [1.29, 1.82) is 0 Å². The number of piperidine rings is 1. The third kappa shape index (κ3) is 4.26. The van der Waals surface area contributed by atoms with E-state index in [1.54, 1.807) is 18.5 Å². The summed E-state index contributed by atoms with van der Waals surface area (Å²) in [5, 5.41) is 4.79. The Balaban J connectivity index is 2.00. The Morgan fingerprint density at radius 2 is 2.10 bits per heavy atom. The van der Waals surface area contributed by atoms with Crippen molar-refractivity contribution < 1.29 is 8.42 Å². The molecule has 0 bridgehead atoms. The van der Waals surface area contributed by atoms with Gasteiger partial charge in [0.1, 0.15) is 0 Å². The first-order valence-corrected chi connectivity index (χ1v) is 9.62. The van der Waals surface area contributed by atoms with Gasteiger partial charge >= 0.3 is 0 Å². The number of rotatable bonds is 6. The monoisotopic (exact) mass is 331 g/mol. The molecule has 0 saturated carbocycles. The van der Waals surface area contributed by atoms with Crippen LogP contribution in [0.3, 0.4) is 0 Å². The number of likely N-dealkylation sites (tertiary alicyclic amines) is 1. The molecule has 1 aromatic heterocycles. The highest BCUT2D eigenvalue weighted by Crippen LogP contribution is 2.24. The van der Waals surface area contributed by atoms with Crippen LogP contribution < -0.4 is 5.32 Å². The van der Waals surface area contributed by atoms with E-state index >= 15 is 0 Å². The zero-order valence-electron chi connectivity index (χ0n) is 13.0. The van der Waals surface area contributed by atoms with Crippen molar-refractivity contribution in [3.63, 3.8) is 0 Å². The molecule has 21 heavy (non-hydrogen) atoms. The topological polar surface area (TPSA) is 52.7 Å². The third-order valence-electron chi connectivity index (χ3n) is 4.04. The number of thiophene rings is 1. The maximum Gasteiger partial charge on any atom is 0.243 e. The van der Waals surface area contributed by atoms with Crippen molar-refractivity contribution in [1.82, 2.24) is 14.5 Å². The van der Waals surface area contributed by atoms with Crippen molar-refractivity contribution in [2.45, 2.75) is 24.3 Å². The van der Waals surface area contributed by atoms with Crippen molar-refractivity contribution in [3.8, 4) is 0 Å². The Hall–Kier alpha value is -0.470. The molecule has 0 radical (unpaired) electrons. The van der Waals surface area contributed by atoms with Gasteiger partial charge in [-0.2, -0.15) is 0 Å². The molecule has 0 amide bonds. The summed E-state index contributed by atoms with van der Waals surface area (Å²) < 4.78 is 26.7. The zero-order valence-corrected chi connectivity index (χ0v) is 14.6. The van der Waals surface area contributed by atoms with Gasteiger partial charge in [0.15, 0.2) is 0 Å². The summed E-state index contributed by atoms with van der Waals surface area (Å²) in [6, 6.07) is 1.78. The number of sulfonamides is 1. The average Bonchev–Trinajstić information content (AvgIpc) is 2.91. The number of nitrogens with one attached hydrogen (secondary N) is 1. The maximum atomic E-state index is 12.6. The Kier molecular flexibility index (Phi) is 5.79. The van der Waals surface area contributed by atoms with Gasteiger partial charge in [0.2, 0.25) is 10.0 Å². The largest absolute Gasteiger partial charge is 0.315 e. The maximum absolute atomic E-state index is 12.6. The van der Waals surface area contributed by atoms with Crippen LogP contribution in [0.4, 0.5) is 0 Å². The van der Waals surface area contributed by atoms with Gasteiger partial charge in [-0.15, -0.1) is 11.3 Å². The van der Waals surface area contributed by atoms with E-state index in [1.165, 1.54) is 15.6 Å². The molecule has 0 unspecified atom stereocenters. The quantitative estimate of drug-likeness (QED) is 0.857. The molecular weight excluding hydrogens is 306 g/mol. The molecule has 5 nitrogen and oxygen atoms in total. The first-order chi connectivity index (χ1) is 9.93. The molecule has 1 aromatic rings. The summed E-state index contributed by atoms with van der Waals surface area (Å²) in [5.74, 6) is 0.469. The lowest BCUT2D eigenvalue weighted by Crippen LogP contribution is -2.37. The highest BCUT2D eigenvalue weighted by molar-refractivity contribution is 7.89. The fourth-order valence-electron chi connectivity index (χ4n) is 2.65.